The van der Waals surface area contributed by atoms with Crippen LogP contribution >= 0.6 is 0 Å². The van der Waals surface area contributed by atoms with Gasteiger partial charge in [-0.1, -0.05) is 25.1 Å². The number of amides is 2. The van der Waals surface area contributed by atoms with Gasteiger partial charge < -0.3 is 16.0 Å². The van der Waals surface area contributed by atoms with Gasteiger partial charge in [-0.25, -0.2) is 0 Å². The molecule has 0 saturated carbocycles. The molecule has 0 bridgehead atoms. The molecule has 0 radical (unpaired) electrons. The minimum atomic E-state index is -0.230. The normalized spacial score (nSPS) is 16.1. The molecule has 3 N–H and O–H groups in total. The minimum Gasteiger partial charge on any atom is -0.373 e. The Morgan fingerprint density at radius 1 is 1.25 bits per heavy atom. The van der Waals surface area contributed by atoms with Crippen molar-refractivity contribution in [3.8, 4) is 0 Å². The maximum absolute atomic E-state index is 12.0. The molecule has 20 heavy (non-hydrogen) atoms. The first-order chi connectivity index (χ1) is 9.70. The number of fused-ring (bicyclic) bond motifs is 1. The molecule has 1 aromatic rings. The van der Waals surface area contributed by atoms with E-state index in [4.69, 9.17) is 0 Å². The standard InChI is InChI=1S/C15H21N3O2/c1-2-8-16-14(19)7-9-17-15(20)13-10-11-5-3-4-6-12(11)18-13/h3-6,13,18H,2,7-10H2,1H3,(H,16,19)(H,17,20)/t13-/m0/s1. The molecule has 0 aliphatic carbocycles. The van der Waals surface area contributed by atoms with Crippen molar-refractivity contribution in [2.75, 3.05) is 18.4 Å². The molecule has 5 heteroatoms. The van der Waals surface area contributed by atoms with Crippen LogP contribution in [0.2, 0.25) is 0 Å². The number of hydrogen-bond acceptors (Lipinski definition) is 3. The van der Waals surface area contributed by atoms with Crippen LogP contribution in [0.3, 0.4) is 0 Å². The summed E-state index contributed by atoms with van der Waals surface area (Å²) in [6, 6.07) is 7.68. The number of para-hydroxylation sites is 1. The summed E-state index contributed by atoms with van der Waals surface area (Å²) < 4.78 is 0. The maximum atomic E-state index is 12.0. The van der Waals surface area contributed by atoms with Crippen molar-refractivity contribution in [2.24, 2.45) is 0 Å². The maximum Gasteiger partial charge on any atom is 0.242 e. The Morgan fingerprint density at radius 2 is 2.05 bits per heavy atom. The number of nitrogens with one attached hydrogen (secondary N) is 3. The fraction of sp³-hybridized carbons (Fsp3) is 0.467. The van der Waals surface area contributed by atoms with E-state index in [0.717, 1.165) is 17.7 Å². The van der Waals surface area contributed by atoms with E-state index in [1.54, 1.807) is 0 Å². The number of anilines is 1. The van der Waals surface area contributed by atoms with E-state index in [1.165, 1.54) is 0 Å². The van der Waals surface area contributed by atoms with Gasteiger partial charge in [0.15, 0.2) is 0 Å². The molecule has 2 amide bonds. The fourth-order valence-electron chi connectivity index (χ4n) is 2.23. The molecule has 1 aromatic carbocycles. The largest absolute Gasteiger partial charge is 0.373 e. The highest BCUT2D eigenvalue weighted by Crippen LogP contribution is 2.24. The molecule has 0 unspecified atom stereocenters. The number of carbonyl (C=O) groups is 2. The predicted octanol–water partition coefficient (Wildman–Crippen LogP) is 1.06. The topological polar surface area (TPSA) is 70.2 Å². The van der Waals surface area contributed by atoms with Crippen molar-refractivity contribution in [1.82, 2.24) is 10.6 Å². The summed E-state index contributed by atoms with van der Waals surface area (Å²) in [5, 5.41) is 8.78. The lowest BCUT2D eigenvalue weighted by Crippen LogP contribution is -2.40. The Kier molecular flexibility index (Phi) is 4.98. The lowest BCUT2D eigenvalue weighted by Gasteiger charge is -2.11. The third kappa shape index (κ3) is 3.73. The number of rotatable bonds is 6. The summed E-state index contributed by atoms with van der Waals surface area (Å²) in [5.74, 6) is -0.0701. The molecule has 1 atom stereocenters. The van der Waals surface area contributed by atoms with Crippen LogP contribution in [0.15, 0.2) is 24.3 Å². The molecular weight excluding hydrogens is 254 g/mol. The van der Waals surface area contributed by atoms with Gasteiger partial charge in [0, 0.05) is 31.6 Å². The van der Waals surface area contributed by atoms with Crippen LogP contribution in [0.5, 0.6) is 0 Å². The third-order valence-corrected chi connectivity index (χ3v) is 3.31. The zero-order valence-electron chi connectivity index (χ0n) is 11.7. The summed E-state index contributed by atoms with van der Waals surface area (Å²) >= 11 is 0. The Bertz CT molecular complexity index is 463. The van der Waals surface area contributed by atoms with Crippen molar-refractivity contribution in [3.63, 3.8) is 0 Å². The summed E-state index contributed by atoms with van der Waals surface area (Å²) in [6.07, 6.45) is 1.94. The van der Waals surface area contributed by atoms with Crippen LogP contribution in [0, 0.1) is 0 Å². The van der Waals surface area contributed by atoms with Crippen molar-refractivity contribution in [2.45, 2.75) is 32.2 Å². The lowest BCUT2D eigenvalue weighted by molar-refractivity contribution is -0.122. The van der Waals surface area contributed by atoms with E-state index in [9.17, 15) is 9.59 Å². The molecule has 1 aliphatic heterocycles. The van der Waals surface area contributed by atoms with Crippen LogP contribution in [0.25, 0.3) is 0 Å². The Labute approximate surface area is 119 Å². The van der Waals surface area contributed by atoms with Gasteiger partial charge in [0.25, 0.3) is 0 Å². The van der Waals surface area contributed by atoms with Crippen molar-refractivity contribution in [3.05, 3.63) is 29.8 Å². The molecule has 0 aromatic heterocycles. The van der Waals surface area contributed by atoms with Gasteiger partial charge in [0.05, 0.1) is 0 Å². The van der Waals surface area contributed by atoms with Gasteiger partial charge in [-0.3, -0.25) is 9.59 Å². The Balaban J connectivity index is 1.71. The molecule has 1 heterocycles. The van der Waals surface area contributed by atoms with Crippen LogP contribution in [0.1, 0.15) is 25.3 Å². The summed E-state index contributed by atoms with van der Waals surface area (Å²) in [6.45, 7) is 3.07. The number of benzene rings is 1. The zero-order valence-corrected chi connectivity index (χ0v) is 11.7. The van der Waals surface area contributed by atoms with Gasteiger partial charge in [-0.05, 0) is 18.1 Å². The highest BCUT2D eigenvalue weighted by atomic mass is 16.2. The second-order valence-corrected chi connectivity index (χ2v) is 4.95. The van der Waals surface area contributed by atoms with Gasteiger partial charge >= 0.3 is 0 Å². The molecule has 0 saturated heterocycles. The van der Waals surface area contributed by atoms with Crippen LogP contribution in [0.4, 0.5) is 5.69 Å². The fourth-order valence-corrected chi connectivity index (χ4v) is 2.23. The molecule has 5 nitrogen and oxygen atoms in total. The third-order valence-electron chi connectivity index (χ3n) is 3.31. The minimum absolute atomic E-state index is 0.0187. The average Bonchev–Trinajstić information content (AvgIpc) is 2.89. The van der Waals surface area contributed by atoms with Crippen LogP contribution < -0.4 is 16.0 Å². The van der Waals surface area contributed by atoms with E-state index in [2.05, 4.69) is 16.0 Å². The second-order valence-electron chi connectivity index (χ2n) is 4.95. The molecule has 2 rings (SSSR count). The van der Waals surface area contributed by atoms with E-state index in [0.29, 0.717) is 25.9 Å². The first-order valence-electron chi connectivity index (χ1n) is 7.09. The smallest absolute Gasteiger partial charge is 0.242 e. The lowest BCUT2D eigenvalue weighted by atomic mass is 10.1. The summed E-state index contributed by atoms with van der Waals surface area (Å²) in [5.41, 5.74) is 2.18. The van der Waals surface area contributed by atoms with Gasteiger partial charge in [0.1, 0.15) is 6.04 Å². The van der Waals surface area contributed by atoms with E-state index >= 15 is 0 Å². The quantitative estimate of drug-likeness (QED) is 0.727. The molecule has 0 spiro atoms. The Hall–Kier alpha value is -2.04. The predicted molar refractivity (Wildman–Crippen MR) is 78.5 cm³/mol. The Morgan fingerprint density at radius 3 is 2.80 bits per heavy atom. The first-order valence-corrected chi connectivity index (χ1v) is 7.09. The van der Waals surface area contributed by atoms with Gasteiger partial charge in [-0.15, -0.1) is 0 Å². The van der Waals surface area contributed by atoms with E-state index in [1.807, 2.05) is 31.2 Å². The van der Waals surface area contributed by atoms with Crippen molar-refractivity contribution < 1.29 is 9.59 Å². The van der Waals surface area contributed by atoms with Crippen LogP contribution in [-0.4, -0.2) is 30.9 Å². The SMILES string of the molecule is CCCNC(=O)CCNC(=O)[C@@H]1Cc2ccccc2N1. The van der Waals surface area contributed by atoms with Crippen molar-refractivity contribution >= 4 is 17.5 Å². The second kappa shape index (κ2) is 6.93. The van der Waals surface area contributed by atoms with Gasteiger partial charge in [0.2, 0.25) is 11.8 Å². The van der Waals surface area contributed by atoms with Gasteiger partial charge in [-0.2, -0.15) is 0 Å². The van der Waals surface area contributed by atoms with E-state index < -0.39 is 0 Å². The molecule has 1 aliphatic rings. The number of carbonyl (C=O) groups excluding carboxylic acids is 2. The number of hydrogen-bond donors (Lipinski definition) is 3. The highest BCUT2D eigenvalue weighted by Gasteiger charge is 2.25. The summed E-state index contributed by atoms with van der Waals surface area (Å²) in [4.78, 5) is 23.4. The van der Waals surface area contributed by atoms with Crippen LogP contribution in [-0.2, 0) is 16.0 Å². The zero-order chi connectivity index (χ0) is 14.4. The molecular formula is C15H21N3O2. The highest BCUT2D eigenvalue weighted by molar-refractivity contribution is 5.87. The van der Waals surface area contributed by atoms with Crippen molar-refractivity contribution in [1.29, 1.82) is 0 Å². The molecule has 108 valence electrons. The monoisotopic (exact) mass is 275 g/mol. The first kappa shape index (κ1) is 14.4. The van der Waals surface area contributed by atoms with E-state index in [-0.39, 0.29) is 17.9 Å². The summed E-state index contributed by atoms with van der Waals surface area (Å²) in [7, 11) is 0. The molecule has 0 fully saturated rings. The average molecular weight is 275 g/mol.